The Kier molecular flexibility index (Phi) is 6.51. The zero-order valence-corrected chi connectivity index (χ0v) is 20.5. The molecule has 6 heteroatoms. The molecule has 1 amide bonds. The van der Waals surface area contributed by atoms with Crippen LogP contribution in [0.15, 0.2) is 72.8 Å². The molecule has 2 heterocycles. The van der Waals surface area contributed by atoms with Gasteiger partial charge in [0.15, 0.2) is 5.78 Å². The molecule has 1 spiro atoms. The highest BCUT2D eigenvalue weighted by Crippen LogP contribution is 2.40. The number of nitrogens with zero attached hydrogens (tertiary/aromatic N) is 1. The van der Waals surface area contributed by atoms with Gasteiger partial charge in [-0.2, -0.15) is 0 Å². The second-order valence-electron chi connectivity index (χ2n) is 9.15. The average molecular weight is 484 g/mol. The van der Waals surface area contributed by atoms with Crippen molar-refractivity contribution in [1.29, 1.82) is 0 Å². The molecule has 184 valence electrons. The molecule has 36 heavy (non-hydrogen) atoms. The highest BCUT2D eigenvalue weighted by atomic mass is 16.5. The predicted molar refractivity (Wildman–Crippen MR) is 138 cm³/mol. The van der Waals surface area contributed by atoms with Crippen molar-refractivity contribution in [2.75, 3.05) is 26.8 Å². The van der Waals surface area contributed by atoms with Gasteiger partial charge in [0.05, 0.1) is 32.2 Å². The van der Waals surface area contributed by atoms with Crippen molar-refractivity contribution in [3.05, 3.63) is 89.5 Å². The van der Waals surface area contributed by atoms with Crippen molar-refractivity contribution in [1.82, 2.24) is 4.90 Å². The Morgan fingerprint density at radius 1 is 1.06 bits per heavy atom. The van der Waals surface area contributed by atoms with Crippen molar-refractivity contribution in [2.24, 2.45) is 0 Å². The number of ether oxygens (including phenoxy) is 3. The number of ketones is 1. The summed E-state index contributed by atoms with van der Waals surface area (Å²) in [5.41, 5.74) is 2.17. The number of hydrogen-bond acceptors (Lipinski definition) is 5. The normalized spacial score (nSPS) is 19.1. The number of rotatable bonds is 6. The summed E-state index contributed by atoms with van der Waals surface area (Å²) >= 11 is 0. The van der Waals surface area contributed by atoms with Gasteiger partial charge in [-0.1, -0.05) is 42.5 Å². The van der Waals surface area contributed by atoms with Crippen LogP contribution in [0, 0.1) is 0 Å². The molecule has 2 aliphatic rings. The van der Waals surface area contributed by atoms with Crippen LogP contribution < -0.4 is 14.2 Å². The van der Waals surface area contributed by atoms with Gasteiger partial charge in [0, 0.05) is 18.5 Å². The first-order valence-electron chi connectivity index (χ1n) is 12.2. The Morgan fingerprint density at radius 2 is 1.81 bits per heavy atom. The summed E-state index contributed by atoms with van der Waals surface area (Å²) in [5, 5.41) is 0. The van der Waals surface area contributed by atoms with Crippen LogP contribution in [-0.2, 0) is 4.79 Å². The molecule has 1 unspecified atom stereocenters. The fraction of sp³-hybridized carbons (Fsp3) is 0.267. The molecule has 1 atom stereocenters. The molecule has 1 fully saturated rings. The third kappa shape index (κ3) is 4.71. The van der Waals surface area contributed by atoms with Crippen LogP contribution in [-0.4, -0.2) is 49.0 Å². The van der Waals surface area contributed by atoms with E-state index in [4.69, 9.17) is 14.2 Å². The molecule has 3 aromatic carbocycles. The maximum atomic E-state index is 13.8. The standard InChI is InChI=1S/C30H29NO5/c1-3-35-23-11-9-21(10-12-23)17-25(22-7-5-4-6-8-22)29(33)31-16-15-30(20-31)19-27(32)26-18-24(34-2)13-14-28(26)36-30/h4-14,17-18H,3,15-16,19-20H2,1-2H3/b25-17+. The van der Waals surface area contributed by atoms with Gasteiger partial charge < -0.3 is 19.1 Å². The number of carbonyl (C=O) groups is 2. The molecular weight excluding hydrogens is 454 g/mol. The van der Waals surface area contributed by atoms with Gasteiger partial charge in [-0.3, -0.25) is 9.59 Å². The molecule has 0 saturated carbocycles. The second kappa shape index (κ2) is 9.90. The highest BCUT2D eigenvalue weighted by molar-refractivity contribution is 6.24. The maximum Gasteiger partial charge on any atom is 0.254 e. The van der Waals surface area contributed by atoms with Crippen LogP contribution in [0.25, 0.3) is 11.6 Å². The lowest BCUT2D eigenvalue weighted by Gasteiger charge is -2.34. The summed E-state index contributed by atoms with van der Waals surface area (Å²) in [6.45, 7) is 3.42. The SMILES string of the molecule is CCOc1ccc(/C=C(/C(=O)N2CCC3(CC(=O)c4cc(OC)ccc4O3)C2)c2ccccc2)cc1. The molecule has 5 rings (SSSR count). The van der Waals surface area contributed by atoms with E-state index in [1.54, 1.807) is 30.2 Å². The molecule has 2 aliphatic heterocycles. The molecular formula is C30H29NO5. The van der Waals surface area contributed by atoms with E-state index in [-0.39, 0.29) is 18.1 Å². The third-order valence-corrected chi connectivity index (χ3v) is 6.72. The van der Waals surface area contributed by atoms with Crippen molar-refractivity contribution >= 4 is 23.3 Å². The van der Waals surface area contributed by atoms with E-state index in [0.29, 0.717) is 48.8 Å². The molecule has 0 bridgehead atoms. The highest BCUT2D eigenvalue weighted by Gasteiger charge is 2.47. The van der Waals surface area contributed by atoms with Crippen LogP contribution in [0.3, 0.4) is 0 Å². The zero-order chi connectivity index (χ0) is 25.1. The topological polar surface area (TPSA) is 65.1 Å². The largest absolute Gasteiger partial charge is 0.497 e. The Balaban J connectivity index is 1.41. The van der Waals surface area contributed by atoms with Crippen LogP contribution in [0.4, 0.5) is 0 Å². The third-order valence-electron chi connectivity index (χ3n) is 6.72. The molecule has 0 N–H and O–H groups in total. The van der Waals surface area contributed by atoms with Gasteiger partial charge in [-0.25, -0.2) is 0 Å². The lowest BCUT2D eigenvalue weighted by atomic mass is 9.89. The first-order chi connectivity index (χ1) is 17.5. The van der Waals surface area contributed by atoms with Crippen molar-refractivity contribution in [3.8, 4) is 17.2 Å². The number of methoxy groups -OCH3 is 1. The minimum absolute atomic E-state index is 0.0117. The monoisotopic (exact) mass is 483 g/mol. The molecule has 6 nitrogen and oxygen atoms in total. The number of carbonyl (C=O) groups excluding carboxylic acids is 2. The van der Waals surface area contributed by atoms with Gasteiger partial charge in [-0.05, 0) is 54.5 Å². The number of fused-ring (bicyclic) bond motifs is 1. The Morgan fingerprint density at radius 3 is 2.53 bits per heavy atom. The summed E-state index contributed by atoms with van der Waals surface area (Å²) in [6.07, 6.45) is 2.74. The average Bonchev–Trinajstić information content (AvgIpc) is 3.31. The molecule has 0 aliphatic carbocycles. The van der Waals surface area contributed by atoms with E-state index in [9.17, 15) is 9.59 Å². The fourth-order valence-electron chi connectivity index (χ4n) is 4.90. The van der Waals surface area contributed by atoms with Gasteiger partial charge in [0.2, 0.25) is 0 Å². The van der Waals surface area contributed by atoms with Crippen molar-refractivity contribution < 1.29 is 23.8 Å². The first kappa shape index (κ1) is 23.7. The molecule has 0 radical (unpaired) electrons. The fourth-order valence-corrected chi connectivity index (χ4v) is 4.90. The minimum atomic E-state index is -0.713. The van der Waals surface area contributed by atoms with Crippen LogP contribution in [0.2, 0.25) is 0 Å². The maximum absolute atomic E-state index is 13.8. The molecule has 3 aromatic rings. The van der Waals surface area contributed by atoms with E-state index < -0.39 is 5.60 Å². The van der Waals surface area contributed by atoms with Crippen molar-refractivity contribution in [3.63, 3.8) is 0 Å². The zero-order valence-electron chi connectivity index (χ0n) is 20.5. The number of hydrogen-bond donors (Lipinski definition) is 0. The minimum Gasteiger partial charge on any atom is -0.497 e. The first-order valence-corrected chi connectivity index (χ1v) is 12.2. The van der Waals surface area contributed by atoms with E-state index in [1.165, 1.54) is 0 Å². The number of amides is 1. The van der Waals surface area contributed by atoms with Gasteiger partial charge in [-0.15, -0.1) is 0 Å². The smallest absolute Gasteiger partial charge is 0.254 e. The van der Waals surface area contributed by atoms with E-state index >= 15 is 0 Å². The van der Waals surface area contributed by atoms with Crippen LogP contribution in [0.5, 0.6) is 17.2 Å². The summed E-state index contributed by atoms with van der Waals surface area (Å²) in [7, 11) is 1.57. The van der Waals surface area contributed by atoms with E-state index in [0.717, 1.165) is 16.9 Å². The van der Waals surface area contributed by atoms with Gasteiger partial charge in [0.25, 0.3) is 5.91 Å². The Hall–Kier alpha value is -4.06. The Labute approximate surface area is 211 Å². The summed E-state index contributed by atoms with van der Waals surface area (Å²) < 4.78 is 17.2. The number of benzene rings is 3. The Bertz CT molecular complexity index is 1300. The lowest BCUT2D eigenvalue weighted by Crippen LogP contribution is -2.45. The van der Waals surface area contributed by atoms with Crippen LogP contribution in [0.1, 0.15) is 41.3 Å². The van der Waals surface area contributed by atoms with Gasteiger partial charge in [0.1, 0.15) is 22.8 Å². The molecule has 1 saturated heterocycles. The predicted octanol–water partition coefficient (Wildman–Crippen LogP) is 5.27. The lowest BCUT2D eigenvalue weighted by molar-refractivity contribution is -0.124. The van der Waals surface area contributed by atoms with E-state index in [1.807, 2.05) is 67.6 Å². The van der Waals surface area contributed by atoms with Gasteiger partial charge >= 0.3 is 0 Å². The van der Waals surface area contributed by atoms with Crippen molar-refractivity contribution in [2.45, 2.75) is 25.4 Å². The second-order valence-corrected chi connectivity index (χ2v) is 9.15. The van der Waals surface area contributed by atoms with E-state index in [2.05, 4.69) is 0 Å². The molecule has 0 aromatic heterocycles. The summed E-state index contributed by atoms with van der Waals surface area (Å²) in [4.78, 5) is 28.6. The summed E-state index contributed by atoms with van der Waals surface area (Å²) in [6, 6.07) is 22.6. The number of likely N-dealkylation sites (tertiary alicyclic amines) is 1. The summed E-state index contributed by atoms with van der Waals surface area (Å²) in [5.74, 6) is 1.90. The quantitative estimate of drug-likeness (QED) is 0.353. The number of Topliss-reactive ketones (excluding diaryl/α,β-unsaturated/α-hetero) is 1. The van der Waals surface area contributed by atoms with Crippen LogP contribution >= 0.6 is 0 Å².